The summed E-state index contributed by atoms with van der Waals surface area (Å²) in [6, 6.07) is 0. The molecule has 2 saturated carbocycles. The van der Waals surface area contributed by atoms with Crippen LogP contribution < -0.4 is 0 Å². The molecule has 2 unspecified atom stereocenters. The third-order valence-electron chi connectivity index (χ3n) is 8.59. The maximum Gasteiger partial charge on any atom is 0.348 e. The standard InChI is InChI=1S/C36H34O14/c1-3-4-5-7-12-24-28(38)45-34(46-29(24)39)17-19-35(20-18-34)47-30(40)25(31(41)48-35)13-8-6-9-14-26-32(42)49-36(50-33(26)43)16-11-10-15-27(36)23(2)44-22-21-37/h3-9,12-14,27,37,42H,2,10-11,15-20H2,1H3/b4-3+,7-5+,8-6?,14-9?,24-12?,25-13?. The lowest BCUT2D eigenvalue weighted by Gasteiger charge is -2.45. The first-order valence-electron chi connectivity index (χ1n) is 15.8. The van der Waals surface area contributed by atoms with Crippen LogP contribution in [0.2, 0.25) is 0 Å². The fraction of sp³-hybridized carbons (Fsp3) is 0.361. The fourth-order valence-electron chi connectivity index (χ4n) is 6.09. The van der Waals surface area contributed by atoms with Gasteiger partial charge in [-0.3, -0.25) is 0 Å². The molecule has 0 aromatic rings. The van der Waals surface area contributed by atoms with Crippen LogP contribution in [0.3, 0.4) is 0 Å². The molecule has 2 saturated heterocycles. The summed E-state index contributed by atoms with van der Waals surface area (Å²) < 4.78 is 38.3. The molecule has 5 rings (SSSR count). The first kappa shape index (κ1) is 35.3. The highest BCUT2D eigenvalue weighted by Gasteiger charge is 2.57. The Morgan fingerprint density at radius 2 is 1.28 bits per heavy atom. The molecule has 3 aliphatic heterocycles. The number of hydrogen-bond acceptors (Lipinski definition) is 14. The molecule has 14 nitrogen and oxygen atoms in total. The second kappa shape index (κ2) is 14.7. The quantitative estimate of drug-likeness (QED) is 0.0731. The van der Waals surface area contributed by atoms with Crippen molar-refractivity contribution in [3.8, 4) is 12.2 Å². The Morgan fingerprint density at radius 1 is 0.740 bits per heavy atom. The second-order valence-corrected chi connectivity index (χ2v) is 11.8. The first-order chi connectivity index (χ1) is 24.0. The van der Waals surface area contributed by atoms with Crippen molar-refractivity contribution in [3.63, 3.8) is 0 Å². The van der Waals surface area contributed by atoms with E-state index in [1.807, 2.05) is 13.0 Å². The minimum absolute atomic E-state index is 0.0754. The molecule has 0 aromatic heterocycles. The lowest BCUT2D eigenvalue weighted by atomic mass is 9.81. The summed E-state index contributed by atoms with van der Waals surface area (Å²) in [6.45, 7) is 5.59. The van der Waals surface area contributed by atoms with Crippen molar-refractivity contribution in [2.45, 2.75) is 75.7 Å². The summed E-state index contributed by atoms with van der Waals surface area (Å²) in [5.41, 5.74) is -0.955. The van der Waals surface area contributed by atoms with Gasteiger partial charge in [0.15, 0.2) is 12.2 Å². The van der Waals surface area contributed by atoms with Crippen LogP contribution in [-0.2, 0) is 57.1 Å². The third kappa shape index (κ3) is 7.36. The van der Waals surface area contributed by atoms with E-state index >= 15 is 0 Å². The van der Waals surface area contributed by atoms with Crippen LogP contribution >= 0.6 is 0 Å². The molecule has 14 heteroatoms. The predicted octanol–water partition coefficient (Wildman–Crippen LogP) is 4.30. The van der Waals surface area contributed by atoms with E-state index in [1.54, 1.807) is 24.3 Å². The number of carbonyl (C=O) groups excluding carboxylic acids is 5. The SMILES string of the molecule is C=C(OC#CO)C1CCCCC12OC(=O)C(C=CC=CC=C1C(=O)OC3(CCC4(CC3)OC(=O)C(=C/C=C/C=C/C)C(=O)O4)OC1=O)=C(O)O2. The largest absolute Gasteiger partial charge is 0.480 e. The number of ether oxygens (including phenoxy) is 7. The van der Waals surface area contributed by atoms with Crippen molar-refractivity contribution in [3.05, 3.63) is 95.8 Å². The van der Waals surface area contributed by atoms with Gasteiger partial charge in [-0.2, -0.15) is 0 Å². The van der Waals surface area contributed by atoms with Crippen LogP contribution in [0.5, 0.6) is 0 Å². The number of aliphatic hydroxyl groups is 2. The number of esters is 5. The second-order valence-electron chi connectivity index (χ2n) is 11.8. The van der Waals surface area contributed by atoms with Crippen LogP contribution in [0.25, 0.3) is 0 Å². The van der Waals surface area contributed by atoms with Crippen molar-refractivity contribution in [2.75, 3.05) is 0 Å². The van der Waals surface area contributed by atoms with E-state index in [9.17, 15) is 29.1 Å². The molecule has 4 fully saturated rings. The normalized spacial score (nSPS) is 29.9. The van der Waals surface area contributed by atoms with E-state index in [4.69, 9.17) is 38.3 Å². The van der Waals surface area contributed by atoms with E-state index in [0.29, 0.717) is 12.8 Å². The molecule has 0 aromatic carbocycles. The molecule has 50 heavy (non-hydrogen) atoms. The van der Waals surface area contributed by atoms with Crippen LogP contribution in [0.15, 0.2) is 95.8 Å². The van der Waals surface area contributed by atoms with Crippen molar-refractivity contribution in [1.29, 1.82) is 0 Å². The molecule has 0 radical (unpaired) electrons. The highest BCUT2D eigenvalue weighted by molar-refractivity contribution is 6.16. The summed E-state index contributed by atoms with van der Waals surface area (Å²) in [5, 5.41) is 19.3. The zero-order valence-electron chi connectivity index (χ0n) is 27.0. The number of allylic oxidation sites excluding steroid dienone is 9. The van der Waals surface area contributed by atoms with Crippen LogP contribution in [0.1, 0.15) is 58.3 Å². The lowest BCUT2D eigenvalue weighted by molar-refractivity contribution is -0.291. The van der Waals surface area contributed by atoms with E-state index in [2.05, 4.69) is 6.58 Å². The number of aliphatic hydroxyl groups excluding tert-OH is 2. The van der Waals surface area contributed by atoms with Gasteiger partial charge in [0, 0.05) is 32.1 Å². The average molecular weight is 691 g/mol. The van der Waals surface area contributed by atoms with Gasteiger partial charge in [-0.15, -0.1) is 0 Å². The first-order valence-corrected chi connectivity index (χ1v) is 15.8. The molecular weight excluding hydrogens is 656 g/mol. The van der Waals surface area contributed by atoms with Crippen molar-refractivity contribution >= 4 is 29.8 Å². The zero-order valence-corrected chi connectivity index (χ0v) is 27.0. The van der Waals surface area contributed by atoms with Gasteiger partial charge in [0.05, 0.1) is 5.92 Å². The Labute approximate surface area is 286 Å². The maximum atomic E-state index is 12.9. The highest BCUT2D eigenvalue weighted by Crippen LogP contribution is 2.46. The smallest absolute Gasteiger partial charge is 0.348 e. The Balaban J connectivity index is 1.18. The molecular formula is C36H34O14. The van der Waals surface area contributed by atoms with Gasteiger partial charge in [-0.1, -0.05) is 55.5 Å². The van der Waals surface area contributed by atoms with Gasteiger partial charge in [0.2, 0.25) is 0 Å². The average Bonchev–Trinajstić information content (AvgIpc) is 3.07. The Morgan fingerprint density at radius 3 is 1.78 bits per heavy atom. The van der Waals surface area contributed by atoms with Crippen molar-refractivity contribution in [2.24, 2.45) is 5.92 Å². The molecule has 262 valence electrons. The van der Waals surface area contributed by atoms with Gasteiger partial charge in [0.1, 0.15) is 22.5 Å². The summed E-state index contributed by atoms with van der Waals surface area (Å²) in [4.78, 5) is 63.7. The van der Waals surface area contributed by atoms with Crippen LogP contribution in [-0.4, -0.2) is 57.4 Å². The van der Waals surface area contributed by atoms with Crippen LogP contribution in [0.4, 0.5) is 0 Å². The summed E-state index contributed by atoms with van der Waals surface area (Å²) >= 11 is 0. The molecule has 3 spiro atoms. The summed E-state index contributed by atoms with van der Waals surface area (Å²) in [6.07, 6.45) is 19.7. The molecule has 2 N–H and O–H groups in total. The Kier molecular flexibility index (Phi) is 10.4. The summed E-state index contributed by atoms with van der Waals surface area (Å²) in [7, 11) is 0. The van der Waals surface area contributed by atoms with E-state index < -0.39 is 64.6 Å². The molecule has 0 amide bonds. The van der Waals surface area contributed by atoms with Gasteiger partial charge in [0.25, 0.3) is 23.3 Å². The Hall–Kier alpha value is -5.97. The number of hydrogen-bond donors (Lipinski definition) is 2. The third-order valence-corrected chi connectivity index (χ3v) is 8.59. The maximum absolute atomic E-state index is 12.9. The number of rotatable bonds is 7. The van der Waals surface area contributed by atoms with Crippen molar-refractivity contribution < 1.29 is 67.3 Å². The van der Waals surface area contributed by atoms with Gasteiger partial charge >= 0.3 is 29.8 Å². The lowest BCUT2D eigenvalue weighted by Crippen LogP contribution is -2.56. The molecule has 5 aliphatic rings. The monoisotopic (exact) mass is 690 g/mol. The van der Waals surface area contributed by atoms with E-state index in [0.717, 1.165) is 12.5 Å². The number of carbonyl (C=O) groups is 5. The van der Waals surface area contributed by atoms with Gasteiger partial charge < -0.3 is 43.4 Å². The minimum Gasteiger partial charge on any atom is -0.480 e. The van der Waals surface area contributed by atoms with E-state index in [-0.39, 0.29) is 49.0 Å². The minimum atomic E-state index is -1.63. The molecule has 3 heterocycles. The fourth-order valence-corrected chi connectivity index (χ4v) is 6.09. The van der Waals surface area contributed by atoms with E-state index in [1.165, 1.54) is 36.5 Å². The van der Waals surface area contributed by atoms with Crippen LogP contribution in [0, 0.1) is 18.1 Å². The topological polar surface area (TPSA) is 190 Å². The van der Waals surface area contributed by atoms with Gasteiger partial charge in [-0.05, 0) is 38.0 Å². The van der Waals surface area contributed by atoms with Gasteiger partial charge in [-0.25, -0.2) is 24.0 Å². The highest BCUT2D eigenvalue weighted by atomic mass is 16.8. The molecule has 2 atom stereocenters. The zero-order chi connectivity index (χ0) is 35.9. The Bertz CT molecular complexity index is 1700. The predicted molar refractivity (Wildman–Crippen MR) is 168 cm³/mol. The molecule has 2 aliphatic carbocycles. The molecule has 0 bridgehead atoms. The summed E-state index contributed by atoms with van der Waals surface area (Å²) in [5.74, 6) is -10.5. The van der Waals surface area contributed by atoms with Crippen molar-refractivity contribution in [1.82, 2.24) is 0 Å².